The summed E-state index contributed by atoms with van der Waals surface area (Å²) in [5.74, 6) is 0. The highest BCUT2D eigenvalue weighted by Gasteiger charge is 2.29. The first-order chi connectivity index (χ1) is 8.21. The van der Waals surface area contributed by atoms with E-state index in [1.165, 1.54) is 30.6 Å². The molecule has 1 heterocycles. The Labute approximate surface area is 112 Å². The van der Waals surface area contributed by atoms with Crippen molar-refractivity contribution in [3.63, 3.8) is 0 Å². The second-order valence-corrected chi connectivity index (χ2v) is 7.48. The number of nitrogens with zero attached hydrogens (tertiary/aromatic N) is 1. The summed E-state index contributed by atoms with van der Waals surface area (Å²) in [6, 6.07) is 6.84. The molecule has 18 heavy (non-hydrogen) atoms. The summed E-state index contributed by atoms with van der Waals surface area (Å²) in [6.07, 6.45) is 2.51. The van der Waals surface area contributed by atoms with Crippen LogP contribution in [0, 0.1) is 0 Å². The second kappa shape index (κ2) is 4.29. The quantitative estimate of drug-likeness (QED) is 0.649. The molecule has 1 heteroatoms. The van der Waals surface area contributed by atoms with Gasteiger partial charge in [-0.3, -0.25) is 0 Å². The van der Waals surface area contributed by atoms with Gasteiger partial charge >= 0.3 is 0 Å². The number of anilines is 1. The Morgan fingerprint density at radius 3 is 2.22 bits per heavy atom. The molecule has 0 unspecified atom stereocenters. The molecule has 0 radical (unpaired) electrons. The Kier molecular flexibility index (Phi) is 3.21. The summed E-state index contributed by atoms with van der Waals surface area (Å²) in [7, 11) is 0. The average Bonchev–Trinajstić information content (AvgIpc) is 2.24. The van der Waals surface area contributed by atoms with E-state index in [0.29, 0.717) is 0 Å². The molecule has 0 amide bonds. The number of hydrogen-bond donors (Lipinski definition) is 0. The van der Waals surface area contributed by atoms with Gasteiger partial charge in [0.05, 0.1) is 0 Å². The number of fused-ring (bicyclic) bond motifs is 1. The topological polar surface area (TPSA) is 3.24 Å². The van der Waals surface area contributed by atoms with E-state index in [4.69, 9.17) is 0 Å². The Hall–Kier alpha value is -0.980. The van der Waals surface area contributed by atoms with E-state index in [2.05, 4.69) is 64.6 Å². The normalized spacial score (nSPS) is 16.7. The molecule has 0 N–H and O–H groups in total. The number of hydrogen-bond acceptors (Lipinski definition) is 1. The molecule has 100 valence electrons. The molecule has 0 fully saturated rings. The zero-order valence-corrected chi connectivity index (χ0v) is 12.8. The second-order valence-electron chi connectivity index (χ2n) is 7.48. The van der Waals surface area contributed by atoms with Crippen molar-refractivity contribution in [3.8, 4) is 0 Å². The van der Waals surface area contributed by atoms with Crippen molar-refractivity contribution in [1.82, 2.24) is 0 Å². The van der Waals surface area contributed by atoms with Gasteiger partial charge in [-0.25, -0.2) is 0 Å². The number of rotatable bonds is 0. The van der Waals surface area contributed by atoms with Crippen LogP contribution in [-0.4, -0.2) is 12.1 Å². The maximum atomic E-state index is 2.57. The van der Waals surface area contributed by atoms with Gasteiger partial charge in [0.1, 0.15) is 0 Å². The van der Waals surface area contributed by atoms with Gasteiger partial charge in [0.2, 0.25) is 0 Å². The molecule has 0 atom stereocenters. The van der Waals surface area contributed by atoms with Crippen LogP contribution in [-0.2, 0) is 11.8 Å². The van der Waals surface area contributed by atoms with Crippen LogP contribution in [0.4, 0.5) is 5.69 Å². The van der Waals surface area contributed by atoms with E-state index in [9.17, 15) is 0 Å². The van der Waals surface area contributed by atoms with Crippen LogP contribution in [0.1, 0.15) is 59.1 Å². The summed E-state index contributed by atoms with van der Waals surface area (Å²) in [4.78, 5) is 2.57. The minimum absolute atomic E-state index is 0.214. The summed E-state index contributed by atoms with van der Waals surface area (Å²) < 4.78 is 0. The SMILES string of the molecule is CC(C)(C)c1cccc2c1CCCN2C(C)(C)C. The molecule has 1 aliphatic rings. The average molecular weight is 245 g/mol. The van der Waals surface area contributed by atoms with Crippen LogP contribution in [0.15, 0.2) is 18.2 Å². The molecule has 0 saturated heterocycles. The first-order valence-electron chi connectivity index (χ1n) is 7.11. The molecular weight excluding hydrogens is 218 g/mol. The van der Waals surface area contributed by atoms with Crippen LogP contribution in [0.25, 0.3) is 0 Å². The lowest BCUT2D eigenvalue weighted by Gasteiger charge is -2.43. The van der Waals surface area contributed by atoms with Gasteiger partial charge < -0.3 is 4.90 Å². The maximum absolute atomic E-state index is 2.57. The van der Waals surface area contributed by atoms with Crippen LogP contribution in [0.2, 0.25) is 0 Å². The Bertz CT molecular complexity index is 432. The van der Waals surface area contributed by atoms with Crippen molar-refractivity contribution in [2.45, 2.75) is 65.3 Å². The lowest BCUT2D eigenvalue weighted by Crippen LogP contribution is -2.45. The summed E-state index contributed by atoms with van der Waals surface area (Å²) in [5.41, 5.74) is 5.01. The Morgan fingerprint density at radius 2 is 1.67 bits per heavy atom. The van der Waals surface area contributed by atoms with E-state index >= 15 is 0 Å². The Balaban J connectivity index is 2.54. The highest BCUT2D eigenvalue weighted by atomic mass is 15.2. The molecule has 0 bridgehead atoms. The van der Waals surface area contributed by atoms with Gasteiger partial charge in [0.15, 0.2) is 0 Å². The molecule has 0 spiro atoms. The molecular formula is C17H27N. The first kappa shape index (κ1) is 13.5. The summed E-state index contributed by atoms with van der Waals surface area (Å²) in [5, 5.41) is 0. The molecule has 1 aliphatic heterocycles. The third-order valence-corrected chi connectivity index (χ3v) is 3.87. The van der Waals surface area contributed by atoms with Crippen LogP contribution < -0.4 is 4.90 Å². The van der Waals surface area contributed by atoms with Crippen molar-refractivity contribution < 1.29 is 0 Å². The lowest BCUT2D eigenvalue weighted by molar-refractivity contribution is 0.478. The zero-order valence-electron chi connectivity index (χ0n) is 12.8. The molecule has 1 nitrogen and oxygen atoms in total. The highest BCUT2D eigenvalue weighted by molar-refractivity contribution is 5.61. The third kappa shape index (κ3) is 2.41. The summed E-state index contributed by atoms with van der Waals surface area (Å²) in [6.45, 7) is 15.1. The van der Waals surface area contributed by atoms with Gasteiger partial charge in [0, 0.05) is 17.8 Å². The minimum atomic E-state index is 0.214. The van der Waals surface area contributed by atoms with E-state index in [-0.39, 0.29) is 11.0 Å². The maximum Gasteiger partial charge on any atom is 0.0406 e. The fourth-order valence-corrected chi connectivity index (χ4v) is 3.02. The van der Waals surface area contributed by atoms with Crippen molar-refractivity contribution in [3.05, 3.63) is 29.3 Å². The first-order valence-corrected chi connectivity index (χ1v) is 7.11. The van der Waals surface area contributed by atoms with Gasteiger partial charge in [-0.1, -0.05) is 32.9 Å². The Morgan fingerprint density at radius 1 is 1.00 bits per heavy atom. The predicted molar refractivity (Wildman–Crippen MR) is 80.6 cm³/mol. The van der Waals surface area contributed by atoms with Crippen molar-refractivity contribution in [2.24, 2.45) is 0 Å². The fourth-order valence-electron chi connectivity index (χ4n) is 3.02. The van der Waals surface area contributed by atoms with Crippen molar-refractivity contribution in [1.29, 1.82) is 0 Å². The van der Waals surface area contributed by atoms with E-state index < -0.39 is 0 Å². The van der Waals surface area contributed by atoms with Crippen molar-refractivity contribution in [2.75, 3.05) is 11.4 Å². The van der Waals surface area contributed by atoms with Crippen molar-refractivity contribution >= 4 is 5.69 Å². The number of benzene rings is 1. The van der Waals surface area contributed by atoms with E-state index in [1.807, 2.05) is 0 Å². The van der Waals surface area contributed by atoms with Gasteiger partial charge in [-0.05, 0) is 56.2 Å². The lowest BCUT2D eigenvalue weighted by atomic mass is 9.80. The highest BCUT2D eigenvalue weighted by Crippen LogP contribution is 2.38. The van der Waals surface area contributed by atoms with Gasteiger partial charge in [0.25, 0.3) is 0 Å². The minimum Gasteiger partial charge on any atom is -0.366 e. The standard InChI is InChI=1S/C17H27N/c1-16(2,3)14-10-7-11-15-13(14)9-8-12-18(15)17(4,5)6/h7,10-11H,8-9,12H2,1-6H3. The summed E-state index contributed by atoms with van der Waals surface area (Å²) >= 11 is 0. The smallest absolute Gasteiger partial charge is 0.0406 e. The van der Waals surface area contributed by atoms with Crippen LogP contribution >= 0.6 is 0 Å². The third-order valence-electron chi connectivity index (χ3n) is 3.87. The predicted octanol–water partition coefficient (Wildman–Crippen LogP) is 4.54. The van der Waals surface area contributed by atoms with Crippen LogP contribution in [0.5, 0.6) is 0 Å². The van der Waals surface area contributed by atoms with Gasteiger partial charge in [-0.2, -0.15) is 0 Å². The molecule has 0 aromatic heterocycles. The zero-order chi connectivity index (χ0) is 13.6. The molecule has 1 aromatic carbocycles. The van der Waals surface area contributed by atoms with Crippen LogP contribution in [0.3, 0.4) is 0 Å². The van der Waals surface area contributed by atoms with Gasteiger partial charge in [-0.15, -0.1) is 0 Å². The molecule has 1 aromatic rings. The van der Waals surface area contributed by atoms with E-state index in [0.717, 1.165) is 0 Å². The monoisotopic (exact) mass is 245 g/mol. The van der Waals surface area contributed by atoms with E-state index in [1.54, 1.807) is 5.56 Å². The largest absolute Gasteiger partial charge is 0.366 e. The fraction of sp³-hybridized carbons (Fsp3) is 0.647. The molecule has 0 saturated carbocycles. The molecule has 2 rings (SSSR count). The molecule has 0 aliphatic carbocycles.